The quantitative estimate of drug-likeness (QED) is 0.632. The van der Waals surface area contributed by atoms with E-state index in [1.165, 1.54) is 0 Å². The second-order valence-electron chi connectivity index (χ2n) is 2.28. The van der Waals surface area contributed by atoms with Crippen LogP contribution in [0.2, 0.25) is 0 Å². The Kier molecular flexibility index (Phi) is 7.18. The van der Waals surface area contributed by atoms with Crippen LogP contribution in [0.15, 0.2) is 0 Å². The number of hydrogen-bond donors (Lipinski definition) is 1. The van der Waals surface area contributed by atoms with Crippen LogP contribution in [0, 0.1) is 0 Å². The van der Waals surface area contributed by atoms with Crippen molar-refractivity contribution < 1.29 is 9.05 Å². The number of hydrogen-bond acceptors (Lipinski definition) is 3. The lowest BCUT2D eigenvalue weighted by Crippen LogP contribution is -2.25. The van der Waals surface area contributed by atoms with Gasteiger partial charge < -0.3 is 14.4 Å². The van der Waals surface area contributed by atoms with Crippen molar-refractivity contribution in [3.63, 3.8) is 0 Å². The Balaban J connectivity index is 3.51. The predicted molar refractivity (Wildman–Crippen MR) is 48.7 cm³/mol. The molecule has 0 bridgehead atoms. The zero-order chi connectivity index (χ0) is 8.69. The molecule has 1 N–H and O–H groups in total. The summed E-state index contributed by atoms with van der Waals surface area (Å²) in [5.74, 6) is 0.319. The molecule has 68 valence electrons. The molecule has 0 fully saturated rings. The molecule has 0 heterocycles. The van der Waals surface area contributed by atoms with Gasteiger partial charge in [0.1, 0.15) is 0 Å². The van der Waals surface area contributed by atoms with E-state index in [0.717, 1.165) is 13.0 Å². The Morgan fingerprint density at radius 1 is 1.36 bits per heavy atom. The molecule has 3 nitrogen and oxygen atoms in total. The van der Waals surface area contributed by atoms with Crippen molar-refractivity contribution in [3.8, 4) is 0 Å². The van der Waals surface area contributed by atoms with Gasteiger partial charge in [-0.05, 0) is 19.9 Å². The Labute approximate surface area is 70.4 Å². The SMILES string of the molecule is CCCNC(C)P(OC)OC. The van der Waals surface area contributed by atoms with E-state index in [0.29, 0.717) is 5.78 Å². The minimum atomic E-state index is -0.740. The molecule has 0 saturated carbocycles. The molecule has 0 aromatic carbocycles. The summed E-state index contributed by atoms with van der Waals surface area (Å²) in [7, 11) is 2.62. The first-order valence-corrected chi connectivity index (χ1v) is 5.11. The summed E-state index contributed by atoms with van der Waals surface area (Å²) in [5, 5.41) is 3.31. The summed E-state index contributed by atoms with van der Waals surface area (Å²) >= 11 is 0. The minimum Gasteiger partial charge on any atom is -0.336 e. The molecule has 0 aromatic rings. The Hall–Kier alpha value is 0.310. The molecular formula is C7H18NO2P. The van der Waals surface area contributed by atoms with Crippen LogP contribution in [0.25, 0.3) is 0 Å². The van der Waals surface area contributed by atoms with Gasteiger partial charge in [-0.3, -0.25) is 0 Å². The zero-order valence-electron chi connectivity index (χ0n) is 7.76. The fraction of sp³-hybridized carbons (Fsp3) is 1.00. The van der Waals surface area contributed by atoms with E-state index in [2.05, 4.69) is 19.2 Å². The van der Waals surface area contributed by atoms with Crippen LogP contribution in [-0.2, 0) is 9.05 Å². The molecule has 0 aliphatic carbocycles. The Morgan fingerprint density at radius 3 is 2.27 bits per heavy atom. The van der Waals surface area contributed by atoms with Crippen molar-refractivity contribution in [2.75, 3.05) is 20.8 Å². The van der Waals surface area contributed by atoms with Crippen LogP contribution >= 0.6 is 8.38 Å². The highest BCUT2D eigenvalue weighted by Gasteiger charge is 2.14. The normalized spacial score (nSPS) is 13.9. The molecule has 0 saturated heterocycles. The standard InChI is InChI=1S/C7H18NO2P/c1-5-6-8-7(2)11(9-3)10-4/h7-8H,5-6H2,1-4H3. The molecule has 0 aromatic heterocycles. The van der Waals surface area contributed by atoms with Gasteiger partial charge in [0, 0.05) is 14.2 Å². The van der Waals surface area contributed by atoms with E-state index in [4.69, 9.17) is 9.05 Å². The summed E-state index contributed by atoms with van der Waals surface area (Å²) < 4.78 is 10.3. The van der Waals surface area contributed by atoms with E-state index < -0.39 is 8.38 Å². The lowest BCUT2D eigenvalue weighted by atomic mass is 10.5. The van der Waals surface area contributed by atoms with Crippen molar-refractivity contribution in [1.82, 2.24) is 5.32 Å². The van der Waals surface area contributed by atoms with Crippen LogP contribution in [-0.4, -0.2) is 26.5 Å². The highest BCUT2D eigenvalue weighted by Crippen LogP contribution is 2.39. The van der Waals surface area contributed by atoms with Crippen LogP contribution in [0.1, 0.15) is 20.3 Å². The van der Waals surface area contributed by atoms with Crippen molar-refractivity contribution in [3.05, 3.63) is 0 Å². The van der Waals surface area contributed by atoms with Gasteiger partial charge in [-0.2, -0.15) is 0 Å². The summed E-state index contributed by atoms with van der Waals surface area (Å²) in [6, 6.07) is 0. The summed E-state index contributed by atoms with van der Waals surface area (Å²) in [6.45, 7) is 5.24. The van der Waals surface area contributed by atoms with E-state index in [1.807, 2.05) is 0 Å². The topological polar surface area (TPSA) is 30.5 Å². The van der Waals surface area contributed by atoms with Crippen LogP contribution in [0.4, 0.5) is 0 Å². The fourth-order valence-electron chi connectivity index (χ4n) is 0.819. The molecule has 0 aliphatic rings. The summed E-state index contributed by atoms with van der Waals surface area (Å²) in [5.41, 5.74) is 0. The van der Waals surface area contributed by atoms with Gasteiger partial charge in [0.25, 0.3) is 0 Å². The van der Waals surface area contributed by atoms with Crippen LogP contribution in [0.5, 0.6) is 0 Å². The number of nitrogens with one attached hydrogen (secondary N) is 1. The Bertz CT molecular complexity index is 88.5. The van der Waals surface area contributed by atoms with E-state index >= 15 is 0 Å². The average Bonchev–Trinajstić information content (AvgIpc) is 2.03. The van der Waals surface area contributed by atoms with E-state index in [9.17, 15) is 0 Å². The molecule has 0 radical (unpaired) electrons. The average molecular weight is 179 g/mol. The second-order valence-corrected chi connectivity index (χ2v) is 4.36. The summed E-state index contributed by atoms with van der Waals surface area (Å²) in [6.07, 6.45) is 1.14. The third kappa shape index (κ3) is 4.70. The maximum atomic E-state index is 5.14. The molecule has 0 aliphatic heterocycles. The molecule has 0 amide bonds. The smallest absolute Gasteiger partial charge is 0.187 e. The first-order chi connectivity index (χ1) is 5.26. The highest BCUT2D eigenvalue weighted by atomic mass is 31.2. The van der Waals surface area contributed by atoms with Gasteiger partial charge in [-0.25, -0.2) is 0 Å². The van der Waals surface area contributed by atoms with Gasteiger partial charge in [-0.15, -0.1) is 0 Å². The lowest BCUT2D eigenvalue weighted by molar-refractivity contribution is 0.326. The second kappa shape index (κ2) is 6.99. The molecule has 4 heteroatoms. The largest absolute Gasteiger partial charge is 0.336 e. The highest BCUT2D eigenvalue weighted by molar-refractivity contribution is 7.47. The van der Waals surface area contributed by atoms with Gasteiger partial charge >= 0.3 is 0 Å². The molecule has 0 spiro atoms. The van der Waals surface area contributed by atoms with Crippen molar-refractivity contribution >= 4 is 8.38 Å². The van der Waals surface area contributed by atoms with Crippen LogP contribution < -0.4 is 5.32 Å². The van der Waals surface area contributed by atoms with E-state index in [-0.39, 0.29) is 0 Å². The monoisotopic (exact) mass is 179 g/mol. The third-order valence-corrected chi connectivity index (χ3v) is 2.90. The summed E-state index contributed by atoms with van der Waals surface area (Å²) in [4.78, 5) is 0. The van der Waals surface area contributed by atoms with Gasteiger partial charge in [0.2, 0.25) is 0 Å². The minimum absolute atomic E-state index is 0.319. The first-order valence-electron chi connectivity index (χ1n) is 3.87. The zero-order valence-corrected chi connectivity index (χ0v) is 8.65. The predicted octanol–water partition coefficient (Wildman–Crippen LogP) is 1.94. The van der Waals surface area contributed by atoms with Crippen molar-refractivity contribution in [1.29, 1.82) is 0 Å². The number of rotatable bonds is 6. The van der Waals surface area contributed by atoms with Gasteiger partial charge in [0.05, 0.1) is 5.78 Å². The van der Waals surface area contributed by atoms with Crippen molar-refractivity contribution in [2.45, 2.75) is 26.1 Å². The maximum absolute atomic E-state index is 5.14. The lowest BCUT2D eigenvalue weighted by Gasteiger charge is -2.20. The molecule has 0 rings (SSSR count). The molecular weight excluding hydrogens is 161 g/mol. The molecule has 1 unspecified atom stereocenters. The fourth-order valence-corrected chi connectivity index (χ4v) is 1.88. The van der Waals surface area contributed by atoms with Crippen LogP contribution in [0.3, 0.4) is 0 Å². The Morgan fingerprint density at radius 2 is 1.91 bits per heavy atom. The molecule has 1 atom stereocenters. The molecule has 11 heavy (non-hydrogen) atoms. The third-order valence-electron chi connectivity index (χ3n) is 1.37. The van der Waals surface area contributed by atoms with Gasteiger partial charge in [0.15, 0.2) is 8.38 Å². The maximum Gasteiger partial charge on any atom is 0.187 e. The van der Waals surface area contributed by atoms with Crippen molar-refractivity contribution in [2.24, 2.45) is 0 Å². The van der Waals surface area contributed by atoms with Gasteiger partial charge in [-0.1, -0.05) is 6.92 Å². The van der Waals surface area contributed by atoms with E-state index in [1.54, 1.807) is 14.2 Å². The first kappa shape index (κ1) is 11.3.